The van der Waals surface area contributed by atoms with Crippen molar-refractivity contribution in [2.45, 2.75) is 27.3 Å². The van der Waals surface area contributed by atoms with E-state index in [0.717, 1.165) is 21.6 Å². The van der Waals surface area contributed by atoms with Crippen LogP contribution >= 0.6 is 11.6 Å². The largest absolute Gasteiger partial charge is 0.350 e. The summed E-state index contributed by atoms with van der Waals surface area (Å²) in [6.45, 7) is 5.59. The van der Waals surface area contributed by atoms with E-state index in [4.69, 9.17) is 11.6 Å². The van der Waals surface area contributed by atoms with E-state index >= 15 is 0 Å². The minimum absolute atomic E-state index is 0.154. The molecule has 0 radical (unpaired) electrons. The number of hydrogen-bond donors (Lipinski definition) is 1. The van der Waals surface area contributed by atoms with Crippen LogP contribution in [0.3, 0.4) is 0 Å². The van der Waals surface area contributed by atoms with Gasteiger partial charge in [-0.15, -0.1) is 0 Å². The molecular weight excluding hydrogens is 427 g/mol. The van der Waals surface area contributed by atoms with Crippen molar-refractivity contribution in [3.8, 4) is 0 Å². The van der Waals surface area contributed by atoms with Gasteiger partial charge in [0.05, 0.1) is 12.1 Å². The van der Waals surface area contributed by atoms with Crippen LogP contribution in [0.5, 0.6) is 0 Å². The molecule has 0 unspecified atom stereocenters. The number of hydrogen-bond acceptors (Lipinski definition) is 3. The molecule has 0 aromatic heterocycles. The van der Waals surface area contributed by atoms with Crippen LogP contribution in [0, 0.1) is 26.6 Å². The third-order valence-electron chi connectivity index (χ3n) is 5.56. The van der Waals surface area contributed by atoms with Gasteiger partial charge < -0.3 is 5.32 Å². The van der Waals surface area contributed by atoms with E-state index in [0.29, 0.717) is 16.3 Å². The van der Waals surface area contributed by atoms with Crippen molar-refractivity contribution >= 4 is 34.7 Å². The molecule has 1 heterocycles. The molecule has 0 saturated heterocycles. The van der Waals surface area contributed by atoms with Crippen molar-refractivity contribution in [2.75, 3.05) is 5.32 Å². The predicted molar refractivity (Wildman–Crippen MR) is 125 cm³/mol. The van der Waals surface area contributed by atoms with Gasteiger partial charge in [-0.25, -0.2) is 4.39 Å². The zero-order valence-electron chi connectivity index (χ0n) is 18.0. The summed E-state index contributed by atoms with van der Waals surface area (Å²) in [7, 11) is 0. The van der Waals surface area contributed by atoms with Crippen LogP contribution in [0.15, 0.2) is 66.4 Å². The summed E-state index contributed by atoms with van der Waals surface area (Å²) in [6, 6.07) is 17.1. The van der Waals surface area contributed by atoms with E-state index < -0.39 is 17.6 Å². The Morgan fingerprint density at radius 2 is 1.66 bits per heavy atom. The van der Waals surface area contributed by atoms with Crippen molar-refractivity contribution in [3.63, 3.8) is 0 Å². The number of rotatable bonds is 5. The highest BCUT2D eigenvalue weighted by Gasteiger charge is 2.40. The van der Waals surface area contributed by atoms with Gasteiger partial charge in [0.15, 0.2) is 0 Å². The van der Waals surface area contributed by atoms with E-state index in [9.17, 15) is 14.0 Å². The van der Waals surface area contributed by atoms with E-state index in [1.54, 1.807) is 30.3 Å². The zero-order chi connectivity index (χ0) is 23.0. The highest BCUT2D eigenvalue weighted by Crippen LogP contribution is 2.34. The van der Waals surface area contributed by atoms with Crippen LogP contribution in [0.25, 0.3) is 5.57 Å². The number of benzene rings is 3. The Morgan fingerprint density at radius 3 is 2.38 bits per heavy atom. The lowest BCUT2D eigenvalue weighted by Crippen LogP contribution is -2.32. The topological polar surface area (TPSA) is 49.4 Å². The van der Waals surface area contributed by atoms with Crippen molar-refractivity contribution in [1.82, 2.24) is 4.90 Å². The zero-order valence-corrected chi connectivity index (χ0v) is 18.8. The minimum atomic E-state index is -0.507. The Bertz CT molecular complexity index is 1280. The third-order valence-corrected chi connectivity index (χ3v) is 5.80. The first-order valence-corrected chi connectivity index (χ1v) is 10.6. The van der Waals surface area contributed by atoms with Gasteiger partial charge in [0.1, 0.15) is 11.5 Å². The molecule has 0 aliphatic carbocycles. The summed E-state index contributed by atoms with van der Waals surface area (Å²) in [6.07, 6.45) is 0. The maximum Gasteiger partial charge on any atom is 0.278 e. The van der Waals surface area contributed by atoms with Crippen molar-refractivity contribution in [1.29, 1.82) is 0 Å². The minimum Gasteiger partial charge on any atom is -0.350 e. The van der Waals surface area contributed by atoms with Crippen LogP contribution in [0.4, 0.5) is 10.1 Å². The number of carbonyl (C=O) groups is 2. The first-order chi connectivity index (χ1) is 15.3. The highest BCUT2D eigenvalue weighted by molar-refractivity contribution is 6.37. The van der Waals surface area contributed by atoms with E-state index in [2.05, 4.69) is 5.32 Å². The number of carbonyl (C=O) groups excluding carboxylic acids is 2. The lowest BCUT2D eigenvalue weighted by Gasteiger charge is -2.16. The standard InChI is InChI=1S/C26H22ClFN2O2/c1-15-8-11-20(17(3)12-15)23-24(29-22-13-19(27)10-9-16(22)2)26(32)30(25(23)31)14-18-6-4-5-7-21(18)28/h4-13,29H,14H2,1-3H3. The van der Waals surface area contributed by atoms with Crippen molar-refractivity contribution in [3.05, 3.63) is 105 Å². The fourth-order valence-corrected chi connectivity index (χ4v) is 4.01. The Labute approximate surface area is 191 Å². The third kappa shape index (κ3) is 4.04. The molecule has 162 valence electrons. The first kappa shape index (κ1) is 21.8. The quantitative estimate of drug-likeness (QED) is 0.502. The number of nitrogens with one attached hydrogen (secondary N) is 1. The van der Waals surface area contributed by atoms with Gasteiger partial charge in [-0.2, -0.15) is 0 Å². The summed E-state index contributed by atoms with van der Waals surface area (Å²) in [4.78, 5) is 28.0. The average molecular weight is 449 g/mol. The SMILES string of the molecule is Cc1ccc(C2=C(Nc3cc(Cl)ccc3C)C(=O)N(Cc3ccccc3F)C2=O)c(C)c1. The molecule has 0 fully saturated rings. The number of imide groups is 1. The summed E-state index contributed by atoms with van der Waals surface area (Å²) in [5.74, 6) is -1.44. The molecule has 1 aliphatic heterocycles. The number of nitrogens with zero attached hydrogens (tertiary/aromatic N) is 1. The van der Waals surface area contributed by atoms with Gasteiger partial charge in [0.25, 0.3) is 11.8 Å². The van der Waals surface area contributed by atoms with E-state index in [-0.39, 0.29) is 23.4 Å². The summed E-state index contributed by atoms with van der Waals surface area (Å²) < 4.78 is 14.3. The maximum absolute atomic E-state index is 14.3. The van der Waals surface area contributed by atoms with Gasteiger partial charge in [-0.05, 0) is 55.7 Å². The summed E-state index contributed by atoms with van der Waals surface area (Å²) in [5.41, 5.74) is 4.77. The van der Waals surface area contributed by atoms with E-state index in [1.807, 2.05) is 45.0 Å². The Kier molecular flexibility index (Phi) is 5.85. The highest BCUT2D eigenvalue weighted by atomic mass is 35.5. The van der Waals surface area contributed by atoms with Crippen molar-refractivity contribution in [2.24, 2.45) is 0 Å². The molecule has 2 amide bonds. The lowest BCUT2D eigenvalue weighted by molar-refractivity contribution is -0.137. The molecular formula is C26H22ClFN2O2. The summed E-state index contributed by atoms with van der Waals surface area (Å²) in [5, 5.41) is 3.65. The fourth-order valence-electron chi connectivity index (χ4n) is 3.84. The fraction of sp³-hybridized carbons (Fsp3) is 0.154. The van der Waals surface area contributed by atoms with Gasteiger partial charge in [0, 0.05) is 16.3 Å². The van der Waals surface area contributed by atoms with Crippen LogP contribution in [0.1, 0.15) is 27.8 Å². The molecule has 0 atom stereocenters. The smallest absolute Gasteiger partial charge is 0.278 e. The number of halogens is 2. The second-order valence-corrected chi connectivity index (χ2v) is 8.38. The molecule has 3 aromatic rings. The van der Waals surface area contributed by atoms with Crippen LogP contribution < -0.4 is 5.32 Å². The Balaban J connectivity index is 1.82. The lowest BCUT2D eigenvalue weighted by atomic mass is 9.97. The van der Waals surface area contributed by atoms with Crippen LogP contribution in [0.2, 0.25) is 5.02 Å². The second kappa shape index (κ2) is 8.60. The molecule has 1 N–H and O–H groups in total. The van der Waals surface area contributed by atoms with Gasteiger partial charge >= 0.3 is 0 Å². The first-order valence-electron chi connectivity index (χ1n) is 10.2. The number of amides is 2. The molecule has 4 rings (SSSR count). The molecule has 0 bridgehead atoms. The Morgan fingerprint density at radius 1 is 0.906 bits per heavy atom. The predicted octanol–water partition coefficient (Wildman–Crippen LogP) is 5.80. The van der Waals surface area contributed by atoms with Gasteiger partial charge in [0.2, 0.25) is 0 Å². The second-order valence-electron chi connectivity index (χ2n) is 7.94. The van der Waals surface area contributed by atoms with Gasteiger partial charge in [-0.1, -0.05) is 59.6 Å². The van der Waals surface area contributed by atoms with Crippen molar-refractivity contribution < 1.29 is 14.0 Å². The Hall–Kier alpha value is -3.44. The molecule has 3 aromatic carbocycles. The van der Waals surface area contributed by atoms with Crippen LogP contribution in [-0.4, -0.2) is 16.7 Å². The number of aryl methyl sites for hydroxylation is 3. The molecule has 1 aliphatic rings. The molecule has 6 heteroatoms. The number of anilines is 1. The monoisotopic (exact) mass is 448 g/mol. The van der Waals surface area contributed by atoms with E-state index in [1.165, 1.54) is 6.07 Å². The molecule has 4 nitrogen and oxygen atoms in total. The molecule has 32 heavy (non-hydrogen) atoms. The van der Waals surface area contributed by atoms with Crippen LogP contribution in [-0.2, 0) is 16.1 Å². The maximum atomic E-state index is 14.3. The van der Waals surface area contributed by atoms with Gasteiger partial charge in [-0.3, -0.25) is 14.5 Å². The summed E-state index contributed by atoms with van der Waals surface area (Å²) >= 11 is 6.16. The molecule has 0 saturated carbocycles. The normalized spacial score (nSPS) is 13.8. The molecule has 0 spiro atoms. The average Bonchev–Trinajstić information content (AvgIpc) is 2.97.